The Hall–Kier alpha value is -1.80. The molecule has 0 saturated heterocycles. The summed E-state index contributed by atoms with van der Waals surface area (Å²) in [5, 5.41) is 17.5. The standard InChI is InChI=1S/C11H12NO6/c1-2-17-11(14)9-5-3-4-8(6-9)10(13)7-18-12(15)16/h3-6,15H,2,7H2,1H3/q-1. The van der Waals surface area contributed by atoms with Gasteiger partial charge in [-0.3, -0.25) is 9.63 Å². The van der Waals surface area contributed by atoms with E-state index in [1.165, 1.54) is 24.3 Å². The van der Waals surface area contributed by atoms with E-state index in [4.69, 9.17) is 9.94 Å². The Balaban J connectivity index is 2.75. The van der Waals surface area contributed by atoms with Crippen LogP contribution in [0.1, 0.15) is 27.6 Å². The number of benzene rings is 1. The summed E-state index contributed by atoms with van der Waals surface area (Å²) in [7, 11) is 0. The van der Waals surface area contributed by atoms with Gasteiger partial charge in [0.1, 0.15) is 6.61 Å². The molecule has 0 aromatic heterocycles. The highest BCUT2D eigenvalue weighted by Gasteiger charge is 2.11. The Bertz CT molecular complexity index is 431. The van der Waals surface area contributed by atoms with E-state index in [1.54, 1.807) is 6.92 Å². The van der Waals surface area contributed by atoms with Crippen molar-refractivity contribution in [3.8, 4) is 0 Å². The fourth-order valence-corrected chi connectivity index (χ4v) is 1.23. The van der Waals surface area contributed by atoms with Crippen molar-refractivity contribution in [2.24, 2.45) is 0 Å². The van der Waals surface area contributed by atoms with E-state index >= 15 is 0 Å². The molecule has 0 fully saturated rings. The highest BCUT2D eigenvalue weighted by atomic mass is 17.1. The molecule has 1 aromatic carbocycles. The lowest BCUT2D eigenvalue weighted by molar-refractivity contribution is -0.298. The normalized spacial score (nSPS) is 10.4. The first-order valence-corrected chi connectivity index (χ1v) is 5.14. The molecule has 98 valence electrons. The van der Waals surface area contributed by atoms with Gasteiger partial charge < -0.3 is 15.2 Å². The molecule has 18 heavy (non-hydrogen) atoms. The van der Waals surface area contributed by atoms with Crippen molar-refractivity contribution in [1.29, 1.82) is 0 Å². The molecule has 1 N–H and O–H groups in total. The first-order valence-electron chi connectivity index (χ1n) is 5.14. The summed E-state index contributed by atoms with van der Waals surface area (Å²) in [6.45, 7) is 1.28. The number of nitrogens with zero attached hydrogens (tertiary/aromatic N) is 1. The fourth-order valence-electron chi connectivity index (χ4n) is 1.23. The van der Waals surface area contributed by atoms with Crippen LogP contribution in [-0.4, -0.2) is 35.6 Å². The van der Waals surface area contributed by atoms with E-state index in [0.29, 0.717) is 0 Å². The van der Waals surface area contributed by atoms with Gasteiger partial charge in [-0.15, -0.1) is 5.39 Å². The number of ketones is 1. The maximum Gasteiger partial charge on any atom is 0.338 e. The van der Waals surface area contributed by atoms with Crippen molar-refractivity contribution < 1.29 is 24.4 Å². The SMILES string of the molecule is CCOC(=O)c1cccc(C(=O)CON([O-])O)c1. The largest absolute Gasteiger partial charge is 0.738 e. The second kappa shape index (κ2) is 6.82. The molecule has 0 atom stereocenters. The van der Waals surface area contributed by atoms with E-state index in [2.05, 4.69) is 4.84 Å². The monoisotopic (exact) mass is 254 g/mol. The van der Waals surface area contributed by atoms with Gasteiger partial charge in [-0.05, 0) is 19.1 Å². The van der Waals surface area contributed by atoms with Crippen LogP contribution in [0, 0.1) is 5.21 Å². The van der Waals surface area contributed by atoms with Gasteiger partial charge in [-0.25, -0.2) is 4.79 Å². The molecule has 1 aromatic rings. The zero-order chi connectivity index (χ0) is 13.5. The quantitative estimate of drug-likeness (QED) is 0.462. The number of carbonyl (C=O) groups excluding carboxylic acids is 2. The molecule has 1 rings (SSSR count). The highest BCUT2D eigenvalue weighted by Crippen LogP contribution is 2.08. The van der Waals surface area contributed by atoms with Gasteiger partial charge in [0.25, 0.3) is 0 Å². The third-order valence-electron chi connectivity index (χ3n) is 2.00. The van der Waals surface area contributed by atoms with Gasteiger partial charge in [0.2, 0.25) is 0 Å². The van der Waals surface area contributed by atoms with Crippen LogP contribution in [0.15, 0.2) is 24.3 Å². The highest BCUT2D eigenvalue weighted by molar-refractivity contribution is 5.99. The molecule has 0 aliphatic heterocycles. The third-order valence-corrected chi connectivity index (χ3v) is 2.00. The minimum absolute atomic E-state index is 0.183. The summed E-state index contributed by atoms with van der Waals surface area (Å²) in [5.74, 6) is -1.09. The summed E-state index contributed by atoms with van der Waals surface area (Å²) < 4.78 is 4.78. The minimum Gasteiger partial charge on any atom is -0.738 e. The van der Waals surface area contributed by atoms with Crippen LogP contribution in [0.4, 0.5) is 0 Å². The Kier molecular flexibility index (Phi) is 5.40. The van der Waals surface area contributed by atoms with Crippen molar-refractivity contribution in [2.45, 2.75) is 6.92 Å². The van der Waals surface area contributed by atoms with E-state index in [-0.39, 0.29) is 17.7 Å². The minimum atomic E-state index is -0.799. The number of Topliss-reactive ketones (excluding diaryl/α,β-unsaturated/α-hetero) is 1. The van der Waals surface area contributed by atoms with Gasteiger partial charge >= 0.3 is 5.97 Å². The number of hydrogen-bond donors (Lipinski definition) is 1. The van der Waals surface area contributed by atoms with Crippen molar-refractivity contribution in [2.75, 3.05) is 13.2 Å². The maximum absolute atomic E-state index is 11.5. The predicted octanol–water partition coefficient (Wildman–Crippen LogP) is 1.17. The van der Waals surface area contributed by atoms with Crippen LogP contribution >= 0.6 is 0 Å². The second-order valence-electron chi connectivity index (χ2n) is 3.24. The van der Waals surface area contributed by atoms with Gasteiger partial charge in [-0.1, -0.05) is 12.1 Å². The van der Waals surface area contributed by atoms with E-state index < -0.39 is 23.7 Å². The number of carbonyl (C=O) groups is 2. The molecule has 0 spiro atoms. The van der Waals surface area contributed by atoms with Gasteiger partial charge in [0.05, 0.1) is 12.2 Å². The number of rotatable bonds is 6. The maximum atomic E-state index is 11.5. The van der Waals surface area contributed by atoms with E-state index in [1.807, 2.05) is 0 Å². The predicted molar refractivity (Wildman–Crippen MR) is 59.7 cm³/mol. The smallest absolute Gasteiger partial charge is 0.338 e. The third kappa shape index (κ3) is 4.22. The Morgan fingerprint density at radius 2 is 2.06 bits per heavy atom. The van der Waals surface area contributed by atoms with Crippen LogP contribution in [0.5, 0.6) is 0 Å². The first-order chi connectivity index (χ1) is 8.54. The fraction of sp³-hybridized carbons (Fsp3) is 0.273. The molecule has 0 aliphatic rings. The number of esters is 1. The Morgan fingerprint density at radius 1 is 1.39 bits per heavy atom. The van der Waals surface area contributed by atoms with Crippen LogP contribution in [-0.2, 0) is 9.57 Å². The van der Waals surface area contributed by atoms with E-state index in [9.17, 15) is 14.8 Å². The summed E-state index contributed by atoms with van der Waals surface area (Å²) in [5.41, 5.74) is 0.410. The lowest BCUT2D eigenvalue weighted by atomic mass is 10.1. The average molecular weight is 254 g/mol. The molecule has 7 nitrogen and oxygen atoms in total. The summed E-state index contributed by atoms with van der Waals surface area (Å²) in [4.78, 5) is 27.0. The summed E-state index contributed by atoms with van der Waals surface area (Å²) >= 11 is 0. The van der Waals surface area contributed by atoms with Gasteiger partial charge in [0, 0.05) is 5.56 Å². The van der Waals surface area contributed by atoms with E-state index in [0.717, 1.165) is 0 Å². The zero-order valence-electron chi connectivity index (χ0n) is 9.66. The van der Waals surface area contributed by atoms with Crippen molar-refractivity contribution >= 4 is 11.8 Å². The number of hydrogen-bond acceptors (Lipinski definition) is 7. The zero-order valence-corrected chi connectivity index (χ0v) is 9.66. The molecular formula is C11H12NO6-. The van der Waals surface area contributed by atoms with Gasteiger partial charge in [-0.2, -0.15) is 0 Å². The summed E-state index contributed by atoms with van der Waals surface area (Å²) in [6.07, 6.45) is 0. The van der Waals surface area contributed by atoms with Crippen LogP contribution in [0.2, 0.25) is 0 Å². The molecular weight excluding hydrogens is 242 g/mol. The topological polar surface area (TPSA) is 99.1 Å². The molecule has 0 aliphatic carbocycles. The molecule has 0 saturated carbocycles. The molecule has 0 amide bonds. The lowest BCUT2D eigenvalue weighted by Crippen LogP contribution is -2.18. The molecule has 7 heteroatoms. The average Bonchev–Trinajstić information content (AvgIpc) is 2.36. The Labute approximate surface area is 103 Å². The van der Waals surface area contributed by atoms with Crippen molar-refractivity contribution in [1.82, 2.24) is 5.39 Å². The van der Waals surface area contributed by atoms with Crippen LogP contribution < -0.4 is 0 Å². The molecule has 0 bridgehead atoms. The van der Waals surface area contributed by atoms with Crippen LogP contribution in [0.25, 0.3) is 0 Å². The van der Waals surface area contributed by atoms with Crippen molar-refractivity contribution in [3.63, 3.8) is 0 Å². The summed E-state index contributed by atoms with van der Waals surface area (Å²) in [6, 6.07) is 5.80. The molecule has 0 unspecified atom stereocenters. The molecule has 0 radical (unpaired) electrons. The lowest BCUT2D eigenvalue weighted by Gasteiger charge is -2.17. The van der Waals surface area contributed by atoms with Crippen LogP contribution in [0.3, 0.4) is 0 Å². The first kappa shape index (κ1) is 14.3. The molecule has 0 heterocycles. The Morgan fingerprint density at radius 3 is 2.67 bits per heavy atom. The van der Waals surface area contributed by atoms with Gasteiger partial charge in [0.15, 0.2) is 5.78 Å². The number of ether oxygens (including phenoxy) is 1. The van der Waals surface area contributed by atoms with Crippen molar-refractivity contribution in [3.05, 3.63) is 40.6 Å². The second-order valence-corrected chi connectivity index (χ2v) is 3.24.